The van der Waals surface area contributed by atoms with Gasteiger partial charge in [-0.25, -0.2) is 18.4 Å². The molecule has 1 unspecified atom stereocenters. The number of hydrogen-bond acceptors (Lipinski definition) is 4. The molecule has 0 aliphatic rings. The Hall–Kier alpha value is -1.41. The molecule has 102 valence electrons. The second-order valence-corrected chi connectivity index (χ2v) is 5.87. The number of nitrogens with zero attached hydrogens (tertiary/aromatic N) is 1. The number of rotatable bonds is 5. The van der Waals surface area contributed by atoms with Gasteiger partial charge in [-0.1, -0.05) is 20.3 Å². The van der Waals surface area contributed by atoms with Crippen molar-refractivity contribution in [1.82, 2.24) is 9.55 Å². The average Bonchev–Trinajstić information content (AvgIpc) is 2.20. The second-order valence-electron chi connectivity index (χ2n) is 4.34. The summed E-state index contributed by atoms with van der Waals surface area (Å²) in [6, 6.07) is 0. The molecule has 0 aromatic carbocycles. The number of nitrogens with one attached hydrogen (secondary N) is 1. The lowest BCUT2D eigenvalue weighted by Crippen LogP contribution is -2.35. The van der Waals surface area contributed by atoms with Crippen molar-refractivity contribution < 1.29 is 8.42 Å². The predicted octanol–water partition coefficient (Wildman–Crippen LogP) is -0.380. The normalized spacial score (nSPS) is 13.5. The number of hydrogen-bond donors (Lipinski definition) is 2. The lowest BCUT2D eigenvalue weighted by atomic mass is 10.1. The summed E-state index contributed by atoms with van der Waals surface area (Å²) >= 11 is 0. The van der Waals surface area contributed by atoms with Crippen molar-refractivity contribution >= 4 is 10.0 Å². The van der Waals surface area contributed by atoms with Gasteiger partial charge in [-0.05, 0) is 12.3 Å². The van der Waals surface area contributed by atoms with E-state index >= 15 is 0 Å². The number of aromatic nitrogens is 2. The van der Waals surface area contributed by atoms with E-state index < -0.39 is 26.2 Å². The van der Waals surface area contributed by atoms with E-state index in [4.69, 9.17) is 5.14 Å². The molecule has 0 bridgehead atoms. The first kappa shape index (κ1) is 14.7. The van der Waals surface area contributed by atoms with Crippen molar-refractivity contribution in [2.24, 2.45) is 11.1 Å². The molecule has 0 saturated heterocycles. The highest BCUT2D eigenvalue weighted by molar-refractivity contribution is 7.89. The molecule has 0 saturated carbocycles. The van der Waals surface area contributed by atoms with E-state index in [1.54, 1.807) is 0 Å². The van der Waals surface area contributed by atoms with Gasteiger partial charge in [0, 0.05) is 12.7 Å². The fourth-order valence-electron chi connectivity index (χ4n) is 1.75. The molecule has 1 rings (SSSR count). The van der Waals surface area contributed by atoms with Crippen LogP contribution in [0.15, 0.2) is 20.7 Å². The molecule has 18 heavy (non-hydrogen) atoms. The van der Waals surface area contributed by atoms with E-state index in [1.807, 2.05) is 18.8 Å². The van der Waals surface area contributed by atoms with Crippen molar-refractivity contribution in [2.45, 2.75) is 38.1 Å². The predicted molar refractivity (Wildman–Crippen MR) is 66.8 cm³/mol. The summed E-state index contributed by atoms with van der Waals surface area (Å²) in [5.41, 5.74) is -1.61. The summed E-state index contributed by atoms with van der Waals surface area (Å²) < 4.78 is 23.5. The van der Waals surface area contributed by atoms with E-state index in [9.17, 15) is 18.0 Å². The van der Waals surface area contributed by atoms with E-state index in [-0.39, 0.29) is 5.92 Å². The molecule has 8 heteroatoms. The fourth-order valence-corrected chi connectivity index (χ4v) is 2.33. The third-order valence-electron chi connectivity index (χ3n) is 2.57. The molecule has 1 aromatic heterocycles. The van der Waals surface area contributed by atoms with Crippen LogP contribution in [0.5, 0.6) is 0 Å². The first-order valence-corrected chi connectivity index (χ1v) is 7.17. The van der Waals surface area contributed by atoms with E-state index in [1.165, 1.54) is 4.57 Å². The van der Waals surface area contributed by atoms with Crippen LogP contribution in [0.3, 0.4) is 0 Å². The quantitative estimate of drug-likeness (QED) is 0.762. The number of primary sulfonamides is 1. The first-order chi connectivity index (χ1) is 8.25. The van der Waals surface area contributed by atoms with Gasteiger partial charge < -0.3 is 0 Å². The van der Waals surface area contributed by atoms with Gasteiger partial charge in [0.2, 0.25) is 10.0 Å². The summed E-state index contributed by atoms with van der Waals surface area (Å²) in [5, 5.41) is 4.90. The third-order valence-corrected chi connectivity index (χ3v) is 3.48. The minimum absolute atomic E-state index is 0.201. The average molecular weight is 275 g/mol. The molecule has 3 N–H and O–H groups in total. The van der Waals surface area contributed by atoms with Crippen LogP contribution < -0.4 is 16.4 Å². The largest absolute Gasteiger partial charge is 0.328 e. The molecule has 1 heterocycles. The van der Waals surface area contributed by atoms with Gasteiger partial charge >= 0.3 is 5.69 Å². The molecule has 0 aliphatic heterocycles. The van der Waals surface area contributed by atoms with Gasteiger partial charge in [-0.2, -0.15) is 0 Å². The maximum absolute atomic E-state index is 11.5. The fraction of sp³-hybridized carbons (Fsp3) is 0.600. The van der Waals surface area contributed by atoms with Crippen LogP contribution in [-0.2, 0) is 16.6 Å². The van der Waals surface area contributed by atoms with Crippen molar-refractivity contribution in [2.75, 3.05) is 0 Å². The molecule has 7 nitrogen and oxygen atoms in total. The van der Waals surface area contributed by atoms with Crippen LogP contribution in [0.2, 0.25) is 0 Å². The summed E-state index contributed by atoms with van der Waals surface area (Å²) in [4.78, 5) is 24.2. The van der Waals surface area contributed by atoms with Crippen molar-refractivity contribution in [1.29, 1.82) is 0 Å². The van der Waals surface area contributed by atoms with Crippen molar-refractivity contribution in [3.8, 4) is 0 Å². The van der Waals surface area contributed by atoms with E-state index in [0.717, 1.165) is 19.0 Å². The topological polar surface area (TPSA) is 115 Å². The minimum atomic E-state index is -4.12. The zero-order valence-corrected chi connectivity index (χ0v) is 11.2. The Labute approximate surface area is 105 Å². The molecule has 0 radical (unpaired) electrons. The van der Waals surface area contributed by atoms with E-state index in [2.05, 4.69) is 0 Å². The van der Waals surface area contributed by atoms with Crippen LogP contribution in [0.25, 0.3) is 0 Å². The summed E-state index contributed by atoms with van der Waals surface area (Å²) in [7, 11) is -4.12. The minimum Gasteiger partial charge on any atom is -0.299 e. The molecule has 1 atom stereocenters. The number of aromatic amines is 1. The molecule has 0 fully saturated rings. The van der Waals surface area contributed by atoms with Crippen LogP contribution >= 0.6 is 0 Å². The zero-order chi connectivity index (χ0) is 13.9. The lowest BCUT2D eigenvalue weighted by Gasteiger charge is -2.12. The van der Waals surface area contributed by atoms with Gasteiger partial charge in [0.05, 0.1) is 0 Å². The smallest absolute Gasteiger partial charge is 0.299 e. The Bertz CT molecular complexity index is 629. The first-order valence-electron chi connectivity index (χ1n) is 5.62. The monoisotopic (exact) mass is 275 g/mol. The molecule has 0 aliphatic carbocycles. The number of nitrogens with two attached hydrogens (primary N) is 1. The summed E-state index contributed by atoms with van der Waals surface area (Å²) in [6.07, 6.45) is 2.86. The Kier molecular flexibility index (Phi) is 4.47. The zero-order valence-electron chi connectivity index (χ0n) is 10.3. The molecular weight excluding hydrogens is 258 g/mol. The van der Waals surface area contributed by atoms with Crippen LogP contribution in [0, 0.1) is 5.92 Å². The molecule has 0 spiro atoms. The SMILES string of the molecule is CCCC(C)Cn1cc(S(N)(=O)=O)c(=O)[nH]c1=O. The highest BCUT2D eigenvalue weighted by atomic mass is 32.2. The Morgan fingerprint density at radius 1 is 1.44 bits per heavy atom. The third kappa shape index (κ3) is 3.54. The summed E-state index contributed by atoms with van der Waals surface area (Å²) in [6.45, 7) is 4.30. The molecular formula is C10H17N3O4S. The van der Waals surface area contributed by atoms with Crippen LogP contribution in [0.1, 0.15) is 26.7 Å². The van der Waals surface area contributed by atoms with E-state index in [0.29, 0.717) is 6.54 Å². The maximum Gasteiger partial charge on any atom is 0.328 e. The van der Waals surface area contributed by atoms with Crippen LogP contribution in [-0.4, -0.2) is 18.0 Å². The lowest BCUT2D eigenvalue weighted by molar-refractivity contribution is 0.430. The summed E-state index contributed by atoms with van der Waals surface area (Å²) in [5.74, 6) is 0.201. The van der Waals surface area contributed by atoms with Crippen LogP contribution in [0.4, 0.5) is 0 Å². The maximum atomic E-state index is 11.5. The van der Waals surface area contributed by atoms with Crippen molar-refractivity contribution in [3.05, 3.63) is 27.0 Å². The number of H-pyrrole nitrogens is 1. The highest BCUT2D eigenvalue weighted by Gasteiger charge is 2.16. The van der Waals surface area contributed by atoms with Gasteiger partial charge in [-0.3, -0.25) is 14.3 Å². The van der Waals surface area contributed by atoms with Crippen molar-refractivity contribution in [3.63, 3.8) is 0 Å². The molecule has 0 amide bonds. The number of sulfonamides is 1. The Morgan fingerprint density at radius 3 is 2.56 bits per heavy atom. The van der Waals surface area contributed by atoms with Gasteiger partial charge in [-0.15, -0.1) is 0 Å². The Morgan fingerprint density at radius 2 is 2.06 bits per heavy atom. The highest BCUT2D eigenvalue weighted by Crippen LogP contribution is 2.07. The molecule has 1 aromatic rings. The van der Waals surface area contributed by atoms with Gasteiger partial charge in [0.1, 0.15) is 0 Å². The Balaban J connectivity index is 3.23. The standard InChI is InChI=1S/C10H17N3O4S/c1-3-4-7(2)5-13-6-8(18(11,16)17)9(14)12-10(13)15/h6-7H,3-5H2,1-2H3,(H2,11,16,17)(H,12,14,15). The van der Waals surface area contributed by atoms with Gasteiger partial charge in [0.15, 0.2) is 4.90 Å². The van der Waals surface area contributed by atoms with Gasteiger partial charge in [0.25, 0.3) is 5.56 Å². The second kappa shape index (κ2) is 5.49.